The zero-order valence-electron chi connectivity index (χ0n) is 8.66. The standard InChI is InChI=1S/C10H9N5S/c1-8-4-2-3-5-9(8)15-10(12-13-14-15)16-7-6-11/h2-5H,7H2,1H3. The summed E-state index contributed by atoms with van der Waals surface area (Å²) in [5.74, 6) is 0.340. The highest BCUT2D eigenvalue weighted by atomic mass is 32.2. The lowest BCUT2D eigenvalue weighted by Gasteiger charge is -2.05. The van der Waals surface area contributed by atoms with Gasteiger partial charge in [-0.2, -0.15) is 9.94 Å². The van der Waals surface area contributed by atoms with Gasteiger partial charge in [0.15, 0.2) is 0 Å². The van der Waals surface area contributed by atoms with Crippen LogP contribution in [0.5, 0.6) is 0 Å². The van der Waals surface area contributed by atoms with Crippen LogP contribution in [0.25, 0.3) is 5.69 Å². The fourth-order valence-corrected chi connectivity index (χ4v) is 1.86. The number of thioether (sulfide) groups is 1. The van der Waals surface area contributed by atoms with Crippen molar-refractivity contribution in [2.75, 3.05) is 5.75 Å². The molecule has 2 aromatic rings. The van der Waals surface area contributed by atoms with Crippen molar-refractivity contribution in [1.29, 1.82) is 5.26 Å². The van der Waals surface area contributed by atoms with E-state index in [2.05, 4.69) is 21.6 Å². The van der Waals surface area contributed by atoms with Gasteiger partial charge in [0.25, 0.3) is 0 Å². The van der Waals surface area contributed by atoms with Crippen molar-refractivity contribution >= 4 is 11.8 Å². The molecule has 0 radical (unpaired) electrons. The third kappa shape index (κ3) is 2.04. The molecule has 1 aromatic heterocycles. The van der Waals surface area contributed by atoms with Gasteiger partial charge < -0.3 is 0 Å². The molecule has 0 aliphatic carbocycles. The predicted octanol–water partition coefficient (Wildman–Crippen LogP) is 1.59. The van der Waals surface area contributed by atoms with Crippen LogP contribution in [0, 0.1) is 18.3 Å². The number of hydrogen-bond acceptors (Lipinski definition) is 5. The van der Waals surface area contributed by atoms with E-state index < -0.39 is 0 Å². The lowest BCUT2D eigenvalue weighted by molar-refractivity contribution is 0.752. The van der Waals surface area contributed by atoms with Crippen LogP contribution < -0.4 is 0 Å². The molecule has 0 spiro atoms. The summed E-state index contributed by atoms with van der Waals surface area (Å²) >= 11 is 1.32. The molecule has 2 rings (SSSR count). The summed E-state index contributed by atoms with van der Waals surface area (Å²) in [6, 6.07) is 9.89. The van der Waals surface area contributed by atoms with E-state index in [1.54, 1.807) is 4.68 Å². The van der Waals surface area contributed by atoms with E-state index >= 15 is 0 Å². The monoisotopic (exact) mass is 231 g/mol. The van der Waals surface area contributed by atoms with E-state index in [-0.39, 0.29) is 0 Å². The van der Waals surface area contributed by atoms with Crippen molar-refractivity contribution in [2.45, 2.75) is 12.1 Å². The minimum Gasteiger partial charge on any atom is -0.197 e. The SMILES string of the molecule is Cc1ccccc1-n1nnnc1SCC#N. The van der Waals surface area contributed by atoms with Crippen LogP contribution in [0.3, 0.4) is 0 Å². The maximum Gasteiger partial charge on any atom is 0.215 e. The Morgan fingerprint density at radius 2 is 2.25 bits per heavy atom. The Morgan fingerprint density at radius 1 is 1.44 bits per heavy atom. The molecular weight excluding hydrogens is 222 g/mol. The quantitative estimate of drug-likeness (QED) is 0.750. The van der Waals surface area contributed by atoms with Gasteiger partial charge in [0.2, 0.25) is 5.16 Å². The number of nitrogens with zero attached hydrogens (tertiary/aromatic N) is 5. The maximum absolute atomic E-state index is 8.53. The lowest BCUT2D eigenvalue weighted by Crippen LogP contribution is -2.01. The summed E-state index contributed by atoms with van der Waals surface area (Å²) < 4.78 is 1.65. The number of rotatable bonds is 3. The minimum absolute atomic E-state index is 0.340. The molecule has 0 fully saturated rings. The van der Waals surface area contributed by atoms with Crippen LogP contribution >= 0.6 is 11.8 Å². The van der Waals surface area contributed by atoms with E-state index in [4.69, 9.17) is 5.26 Å². The van der Waals surface area contributed by atoms with Crippen LogP contribution in [-0.2, 0) is 0 Å². The highest BCUT2D eigenvalue weighted by Crippen LogP contribution is 2.19. The van der Waals surface area contributed by atoms with Crippen molar-refractivity contribution in [3.8, 4) is 11.8 Å². The molecule has 0 saturated heterocycles. The molecule has 0 N–H and O–H groups in total. The molecule has 5 nitrogen and oxygen atoms in total. The molecule has 0 amide bonds. The van der Waals surface area contributed by atoms with Gasteiger partial charge >= 0.3 is 0 Å². The van der Waals surface area contributed by atoms with E-state index in [0.717, 1.165) is 11.3 Å². The van der Waals surface area contributed by atoms with E-state index in [0.29, 0.717) is 10.9 Å². The molecule has 0 atom stereocenters. The summed E-state index contributed by atoms with van der Waals surface area (Å²) in [4.78, 5) is 0. The Balaban J connectivity index is 2.38. The van der Waals surface area contributed by atoms with Gasteiger partial charge in [0, 0.05) is 0 Å². The Labute approximate surface area is 97.1 Å². The maximum atomic E-state index is 8.53. The van der Waals surface area contributed by atoms with Gasteiger partial charge in [-0.05, 0) is 29.0 Å². The topological polar surface area (TPSA) is 67.4 Å². The Kier molecular flexibility index (Phi) is 3.17. The van der Waals surface area contributed by atoms with Crippen LogP contribution in [0.4, 0.5) is 0 Å². The van der Waals surface area contributed by atoms with E-state index in [1.807, 2.05) is 31.2 Å². The third-order valence-corrected chi connectivity index (χ3v) is 2.84. The highest BCUT2D eigenvalue weighted by molar-refractivity contribution is 7.99. The zero-order chi connectivity index (χ0) is 11.4. The van der Waals surface area contributed by atoms with Crippen molar-refractivity contribution in [2.24, 2.45) is 0 Å². The molecular formula is C10H9N5S. The smallest absolute Gasteiger partial charge is 0.197 e. The number of tetrazole rings is 1. The number of aryl methyl sites for hydroxylation is 1. The van der Waals surface area contributed by atoms with Crippen LogP contribution in [-0.4, -0.2) is 26.0 Å². The lowest BCUT2D eigenvalue weighted by atomic mass is 10.2. The van der Waals surface area contributed by atoms with Gasteiger partial charge in [-0.15, -0.1) is 5.10 Å². The van der Waals surface area contributed by atoms with Crippen LogP contribution in [0.15, 0.2) is 29.4 Å². The normalized spacial score (nSPS) is 10.0. The van der Waals surface area contributed by atoms with Gasteiger partial charge in [-0.1, -0.05) is 30.0 Å². The number of nitriles is 1. The summed E-state index contributed by atoms with van der Waals surface area (Å²) in [6.45, 7) is 2.00. The molecule has 6 heteroatoms. The first-order valence-electron chi connectivity index (χ1n) is 4.67. The highest BCUT2D eigenvalue weighted by Gasteiger charge is 2.09. The first-order chi connectivity index (χ1) is 7.83. The third-order valence-electron chi connectivity index (χ3n) is 2.05. The molecule has 16 heavy (non-hydrogen) atoms. The van der Waals surface area contributed by atoms with Gasteiger partial charge in [-0.25, -0.2) is 0 Å². The molecule has 80 valence electrons. The largest absolute Gasteiger partial charge is 0.215 e. The summed E-state index contributed by atoms with van der Waals surface area (Å²) in [7, 11) is 0. The second kappa shape index (κ2) is 4.77. The van der Waals surface area contributed by atoms with Crippen molar-refractivity contribution in [3.05, 3.63) is 29.8 Å². The Morgan fingerprint density at radius 3 is 3.00 bits per heavy atom. The molecule has 1 heterocycles. The second-order valence-electron chi connectivity index (χ2n) is 3.11. The molecule has 0 aliphatic rings. The second-order valence-corrected chi connectivity index (χ2v) is 4.05. The number of aromatic nitrogens is 4. The summed E-state index contributed by atoms with van der Waals surface area (Å²) in [5.41, 5.74) is 2.03. The Bertz CT molecular complexity index is 528. The number of benzene rings is 1. The van der Waals surface area contributed by atoms with E-state index in [9.17, 15) is 0 Å². The van der Waals surface area contributed by atoms with Crippen LogP contribution in [0.2, 0.25) is 0 Å². The molecule has 0 saturated carbocycles. The molecule has 1 aromatic carbocycles. The average molecular weight is 231 g/mol. The molecule has 0 unspecified atom stereocenters. The van der Waals surface area contributed by atoms with Crippen molar-refractivity contribution in [1.82, 2.24) is 20.2 Å². The van der Waals surface area contributed by atoms with Gasteiger partial charge in [-0.3, -0.25) is 0 Å². The number of para-hydroxylation sites is 1. The number of hydrogen-bond donors (Lipinski definition) is 0. The molecule has 0 aliphatic heterocycles. The predicted molar refractivity (Wildman–Crippen MR) is 60.2 cm³/mol. The average Bonchev–Trinajstić information content (AvgIpc) is 2.75. The van der Waals surface area contributed by atoms with E-state index in [1.165, 1.54) is 11.8 Å². The van der Waals surface area contributed by atoms with Crippen molar-refractivity contribution < 1.29 is 0 Å². The fourth-order valence-electron chi connectivity index (χ4n) is 1.32. The summed E-state index contributed by atoms with van der Waals surface area (Å²) in [5, 5.41) is 20.6. The van der Waals surface area contributed by atoms with Crippen LogP contribution in [0.1, 0.15) is 5.56 Å². The fraction of sp³-hybridized carbons (Fsp3) is 0.200. The first-order valence-corrected chi connectivity index (χ1v) is 5.65. The van der Waals surface area contributed by atoms with Gasteiger partial charge in [0.1, 0.15) is 0 Å². The first kappa shape index (κ1) is 10.6. The minimum atomic E-state index is 0.340. The van der Waals surface area contributed by atoms with Gasteiger partial charge in [0.05, 0.1) is 17.5 Å². The van der Waals surface area contributed by atoms with Crippen molar-refractivity contribution in [3.63, 3.8) is 0 Å². The summed E-state index contributed by atoms with van der Waals surface area (Å²) in [6.07, 6.45) is 0. The Hall–Kier alpha value is -1.87. The zero-order valence-corrected chi connectivity index (χ0v) is 9.48. The molecule has 0 bridgehead atoms.